The number of carbonyl (C=O) groups excluding carboxylic acids is 1. The highest BCUT2D eigenvalue weighted by Crippen LogP contribution is 2.27. The smallest absolute Gasteiger partial charge is 0.260 e. The van der Waals surface area contributed by atoms with E-state index in [2.05, 4.69) is 15.5 Å². The van der Waals surface area contributed by atoms with Gasteiger partial charge in [0.25, 0.3) is 5.89 Å². The molecule has 0 atom stereocenters. The van der Waals surface area contributed by atoms with Crippen molar-refractivity contribution in [3.8, 4) is 17.2 Å². The topological polar surface area (TPSA) is 77.2 Å². The Bertz CT molecular complexity index is 914. The minimum atomic E-state index is -0.481. The molecule has 0 aliphatic heterocycles. The third kappa shape index (κ3) is 3.95. The van der Waals surface area contributed by atoms with Crippen molar-refractivity contribution in [2.75, 3.05) is 12.4 Å². The Labute approximate surface area is 147 Å². The normalized spacial score (nSPS) is 10.5. The zero-order valence-electron chi connectivity index (χ0n) is 13.1. The van der Waals surface area contributed by atoms with Gasteiger partial charge in [-0.3, -0.25) is 4.79 Å². The summed E-state index contributed by atoms with van der Waals surface area (Å²) in [5.74, 6) is -0.247. The van der Waals surface area contributed by atoms with Crippen LogP contribution in [0.25, 0.3) is 11.5 Å². The lowest BCUT2D eigenvalue weighted by atomic mass is 10.2. The molecule has 1 heterocycles. The van der Waals surface area contributed by atoms with Crippen molar-refractivity contribution in [2.24, 2.45) is 0 Å². The van der Waals surface area contributed by atoms with E-state index in [1.54, 1.807) is 30.3 Å². The fraction of sp³-hybridized carbons (Fsp3) is 0.118. The molecule has 0 saturated heterocycles. The number of ether oxygens (including phenoxy) is 1. The lowest BCUT2D eigenvalue weighted by molar-refractivity contribution is -0.115. The van der Waals surface area contributed by atoms with Gasteiger partial charge in [-0.15, -0.1) is 0 Å². The molecule has 128 valence electrons. The molecule has 0 aliphatic rings. The summed E-state index contributed by atoms with van der Waals surface area (Å²) in [7, 11) is 1.48. The van der Waals surface area contributed by atoms with Crippen molar-refractivity contribution in [1.82, 2.24) is 10.1 Å². The minimum Gasteiger partial charge on any atom is -0.495 e. The van der Waals surface area contributed by atoms with Crippen LogP contribution in [0.2, 0.25) is 5.02 Å². The Morgan fingerprint density at radius 2 is 2.12 bits per heavy atom. The number of carbonyl (C=O) groups is 1. The lowest BCUT2D eigenvalue weighted by Crippen LogP contribution is -2.15. The number of anilines is 1. The fourth-order valence-electron chi connectivity index (χ4n) is 2.19. The van der Waals surface area contributed by atoms with Gasteiger partial charge in [0.1, 0.15) is 11.6 Å². The van der Waals surface area contributed by atoms with E-state index in [9.17, 15) is 9.18 Å². The predicted octanol–water partition coefficient (Wildman–Crippen LogP) is 3.72. The first-order chi connectivity index (χ1) is 12.1. The van der Waals surface area contributed by atoms with Crippen molar-refractivity contribution in [2.45, 2.75) is 6.42 Å². The number of halogens is 2. The van der Waals surface area contributed by atoms with Crippen LogP contribution in [-0.2, 0) is 11.2 Å². The number of nitrogens with one attached hydrogen (secondary N) is 1. The largest absolute Gasteiger partial charge is 0.495 e. The monoisotopic (exact) mass is 361 g/mol. The van der Waals surface area contributed by atoms with E-state index in [0.717, 1.165) is 0 Å². The molecule has 3 rings (SSSR count). The maximum atomic E-state index is 13.7. The Kier molecular flexibility index (Phi) is 4.95. The van der Waals surface area contributed by atoms with Gasteiger partial charge in [-0.2, -0.15) is 4.98 Å². The highest BCUT2D eigenvalue weighted by Gasteiger charge is 2.16. The SMILES string of the molecule is COc1ccc(Cl)cc1NC(=O)Cc1noc(-c2ccccc2F)n1. The number of hydrogen-bond donors (Lipinski definition) is 1. The molecule has 1 amide bonds. The van der Waals surface area contributed by atoms with Crippen molar-refractivity contribution < 1.29 is 18.4 Å². The quantitative estimate of drug-likeness (QED) is 0.749. The molecule has 0 unspecified atom stereocenters. The zero-order chi connectivity index (χ0) is 17.8. The lowest BCUT2D eigenvalue weighted by Gasteiger charge is -2.09. The molecule has 25 heavy (non-hydrogen) atoms. The summed E-state index contributed by atoms with van der Waals surface area (Å²) in [5, 5.41) is 6.83. The summed E-state index contributed by atoms with van der Waals surface area (Å²) in [6.07, 6.45) is -0.145. The van der Waals surface area contributed by atoms with Crippen LogP contribution in [-0.4, -0.2) is 23.2 Å². The van der Waals surface area contributed by atoms with Gasteiger partial charge >= 0.3 is 0 Å². The molecule has 8 heteroatoms. The minimum absolute atomic E-state index is 0.0150. The van der Waals surface area contributed by atoms with E-state index in [4.69, 9.17) is 20.9 Å². The Balaban J connectivity index is 1.72. The van der Waals surface area contributed by atoms with Crippen LogP contribution in [0.15, 0.2) is 47.0 Å². The second-order valence-electron chi connectivity index (χ2n) is 5.07. The number of rotatable bonds is 5. The average molecular weight is 362 g/mol. The summed E-state index contributed by atoms with van der Waals surface area (Å²) in [6, 6.07) is 10.9. The van der Waals surface area contributed by atoms with Crippen molar-refractivity contribution in [1.29, 1.82) is 0 Å². The molecular weight excluding hydrogens is 349 g/mol. The van der Waals surface area contributed by atoms with Crippen LogP contribution >= 0.6 is 11.6 Å². The van der Waals surface area contributed by atoms with Gasteiger partial charge in [0.2, 0.25) is 5.91 Å². The summed E-state index contributed by atoms with van der Waals surface area (Å²) >= 11 is 5.92. The van der Waals surface area contributed by atoms with E-state index < -0.39 is 5.82 Å². The Hall–Kier alpha value is -2.93. The molecule has 6 nitrogen and oxygen atoms in total. The van der Waals surface area contributed by atoms with Crippen molar-refractivity contribution in [3.05, 3.63) is 59.1 Å². The molecule has 0 aliphatic carbocycles. The van der Waals surface area contributed by atoms with Gasteiger partial charge in [-0.05, 0) is 30.3 Å². The Morgan fingerprint density at radius 1 is 1.32 bits per heavy atom. The van der Waals surface area contributed by atoms with Crippen LogP contribution in [0.1, 0.15) is 5.82 Å². The third-order valence-corrected chi connectivity index (χ3v) is 3.56. The number of methoxy groups -OCH3 is 1. The predicted molar refractivity (Wildman–Crippen MR) is 90.0 cm³/mol. The first-order valence-electron chi connectivity index (χ1n) is 7.27. The molecule has 2 aromatic carbocycles. The third-order valence-electron chi connectivity index (χ3n) is 3.33. The fourth-order valence-corrected chi connectivity index (χ4v) is 2.36. The van der Waals surface area contributed by atoms with Gasteiger partial charge in [-0.1, -0.05) is 28.9 Å². The summed E-state index contributed by atoms with van der Waals surface area (Å²) < 4.78 is 23.9. The van der Waals surface area contributed by atoms with Crippen LogP contribution in [0, 0.1) is 5.82 Å². The van der Waals surface area contributed by atoms with Crippen molar-refractivity contribution >= 4 is 23.2 Å². The van der Waals surface area contributed by atoms with E-state index in [1.165, 1.54) is 19.2 Å². The van der Waals surface area contributed by atoms with Crippen molar-refractivity contribution in [3.63, 3.8) is 0 Å². The average Bonchev–Trinajstić information content (AvgIpc) is 3.03. The number of nitrogens with zero attached hydrogens (tertiary/aromatic N) is 2. The number of benzene rings is 2. The summed E-state index contributed by atoms with van der Waals surface area (Å²) in [6.45, 7) is 0. The summed E-state index contributed by atoms with van der Waals surface area (Å²) in [5.41, 5.74) is 0.607. The maximum absolute atomic E-state index is 13.7. The van der Waals surface area contributed by atoms with Gasteiger partial charge in [-0.25, -0.2) is 4.39 Å². The standard InChI is InChI=1S/C17H13ClFN3O3/c1-24-14-7-6-10(18)8-13(14)20-16(23)9-15-21-17(25-22-15)11-4-2-3-5-12(11)19/h2-8H,9H2,1H3,(H,20,23). The molecule has 0 fully saturated rings. The molecule has 1 aromatic heterocycles. The van der Waals surface area contributed by atoms with E-state index in [0.29, 0.717) is 16.5 Å². The molecule has 0 radical (unpaired) electrons. The maximum Gasteiger partial charge on any atom is 0.260 e. The molecule has 0 spiro atoms. The van der Waals surface area contributed by atoms with Gasteiger partial charge in [0, 0.05) is 5.02 Å². The van der Waals surface area contributed by atoms with E-state index in [-0.39, 0.29) is 29.6 Å². The second-order valence-corrected chi connectivity index (χ2v) is 5.50. The zero-order valence-corrected chi connectivity index (χ0v) is 13.9. The molecule has 3 aromatic rings. The number of hydrogen-bond acceptors (Lipinski definition) is 5. The first-order valence-corrected chi connectivity index (χ1v) is 7.65. The highest BCUT2D eigenvalue weighted by atomic mass is 35.5. The van der Waals surface area contributed by atoms with Gasteiger partial charge in [0.05, 0.1) is 24.8 Å². The van der Waals surface area contributed by atoms with Crippen LogP contribution in [0.4, 0.5) is 10.1 Å². The first kappa shape index (κ1) is 16.9. The van der Waals surface area contributed by atoms with E-state index in [1.807, 2.05) is 0 Å². The van der Waals surface area contributed by atoms with Gasteiger partial charge in [0.15, 0.2) is 5.82 Å². The molecule has 0 saturated carbocycles. The number of aromatic nitrogens is 2. The van der Waals surface area contributed by atoms with E-state index >= 15 is 0 Å². The highest BCUT2D eigenvalue weighted by molar-refractivity contribution is 6.31. The van der Waals surface area contributed by atoms with Crippen LogP contribution < -0.4 is 10.1 Å². The Morgan fingerprint density at radius 3 is 2.88 bits per heavy atom. The van der Waals surface area contributed by atoms with Crippen LogP contribution in [0.3, 0.4) is 0 Å². The second kappa shape index (κ2) is 7.31. The van der Waals surface area contributed by atoms with Gasteiger partial charge < -0.3 is 14.6 Å². The summed E-state index contributed by atoms with van der Waals surface area (Å²) in [4.78, 5) is 16.2. The molecule has 0 bridgehead atoms. The molecule has 1 N–H and O–H groups in total. The number of amides is 1. The van der Waals surface area contributed by atoms with Crippen LogP contribution in [0.5, 0.6) is 5.75 Å². The molecular formula is C17H13ClFN3O3.